The molecule has 6 nitrogen and oxygen atoms in total. The lowest BCUT2D eigenvalue weighted by molar-refractivity contribution is -0.146. The second-order valence-electron chi connectivity index (χ2n) is 3.81. The van der Waals surface area contributed by atoms with Crippen LogP contribution in [0.3, 0.4) is 0 Å². The predicted octanol–water partition coefficient (Wildman–Crippen LogP) is 0.811. The van der Waals surface area contributed by atoms with Crippen LogP contribution in [0.15, 0.2) is 12.1 Å². The van der Waals surface area contributed by atoms with Crippen LogP contribution in [0.5, 0.6) is 0 Å². The van der Waals surface area contributed by atoms with Crippen molar-refractivity contribution >= 4 is 23.5 Å². The minimum atomic E-state index is -1.13. The van der Waals surface area contributed by atoms with E-state index in [0.717, 1.165) is 0 Å². The van der Waals surface area contributed by atoms with Crippen LogP contribution in [0.2, 0.25) is 5.15 Å². The van der Waals surface area contributed by atoms with Gasteiger partial charge in [0.05, 0.1) is 7.11 Å². The van der Waals surface area contributed by atoms with Crippen molar-refractivity contribution in [2.24, 2.45) is 0 Å². The molecule has 0 bridgehead atoms. The third kappa shape index (κ3) is 3.39. The largest absolute Gasteiger partial charge is 0.467 e. The third-order valence-corrected chi connectivity index (χ3v) is 2.19. The molecule has 0 aliphatic carbocycles. The summed E-state index contributed by atoms with van der Waals surface area (Å²) in [6.45, 7) is 3.06. The molecule has 1 aromatic rings. The molecule has 0 spiro atoms. The summed E-state index contributed by atoms with van der Waals surface area (Å²) in [5.41, 5.74) is -1.06. The van der Waals surface area contributed by atoms with E-state index < -0.39 is 17.4 Å². The highest BCUT2D eigenvalue weighted by Gasteiger charge is 2.31. The van der Waals surface area contributed by atoms with E-state index in [2.05, 4.69) is 20.3 Å². The number of rotatable bonds is 3. The fraction of sp³-hybridized carbons (Fsp3) is 0.400. The highest BCUT2D eigenvalue weighted by molar-refractivity contribution is 6.29. The number of hydrogen-bond acceptors (Lipinski definition) is 5. The Bertz CT molecular complexity index is 431. The first-order valence-corrected chi connectivity index (χ1v) is 5.15. The van der Waals surface area contributed by atoms with Crippen molar-refractivity contribution in [1.29, 1.82) is 0 Å². The molecular weight excluding hydrogens is 246 g/mol. The SMILES string of the molecule is COC(=O)C(C)(C)NC(=O)c1ccc(Cl)nn1. The molecule has 7 heteroatoms. The summed E-state index contributed by atoms with van der Waals surface area (Å²) in [6.07, 6.45) is 0. The first-order chi connectivity index (χ1) is 7.86. The van der Waals surface area contributed by atoms with E-state index in [9.17, 15) is 9.59 Å². The van der Waals surface area contributed by atoms with Crippen molar-refractivity contribution in [3.8, 4) is 0 Å². The average Bonchev–Trinajstić information content (AvgIpc) is 2.28. The second kappa shape index (κ2) is 5.09. The summed E-state index contributed by atoms with van der Waals surface area (Å²) in [7, 11) is 1.25. The maximum absolute atomic E-state index is 11.7. The van der Waals surface area contributed by atoms with Crippen molar-refractivity contribution in [2.45, 2.75) is 19.4 Å². The Kier molecular flexibility index (Phi) is 4.01. The van der Waals surface area contributed by atoms with Gasteiger partial charge in [-0.15, -0.1) is 10.2 Å². The lowest BCUT2D eigenvalue weighted by Crippen LogP contribution is -2.50. The summed E-state index contributed by atoms with van der Waals surface area (Å²) in [6, 6.07) is 2.85. The van der Waals surface area contributed by atoms with Gasteiger partial charge in [-0.05, 0) is 26.0 Å². The summed E-state index contributed by atoms with van der Waals surface area (Å²) in [5, 5.41) is 9.81. The third-order valence-electron chi connectivity index (χ3n) is 1.99. The first-order valence-electron chi connectivity index (χ1n) is 4.77. The number of halogens is 1. The van der Waals surface area contributed by atoms with E-state index in [1.165, 1.54) is 33.1 Å². The van der Waals surface area contributed by atoms with Crippen molar-refractivity contribution < 1.29 is 14.3 Å². The van der Waals surface area contributed by atoms with Crippen molar-refractivity contribution in [3.63, 3.8) is 0 Å². The van der Waals surface area contributed by atoms with Crippen LogP contribution in [0.4, 0.5) is 0 Å². The van der Waals surface area contributed by atoms with Crippen LogP contribution in [-0.2, 0) is 9.53 Å². The van der Waals surface area contributed by atoms with E-state index in [1.807, 2.05) is 0 Å². The van der Waals surface area contributed by atoms with Crippen LogP contribution in [0, 0.1) is 0 Å². The lowest BCUT2D eigenvalue weighted by Gasteiger charge is -2.22. The number of nitrogens with one attached hydrogen (secondary N) is 1. The van der Waals surface area contributed by atoms with Gasteiger partial charge in [0.25, 0.3) is 5.91 Å². The van der Waals surface area contributed by atoms with Gasteiger partial charge in [0.15, 0.2) is 10.8 Å². The van der Waals surface area contributed by atoms with Crippen molar-refractivity contribution in [2.75, 3.05) is 7.11 Å². The van der Waals surface area contributed by atoms with E-state index >= 15 is 0 Å². The Hall–Kier alpha value is -1.69. The molecular formula is C10H12ClN3O3. The summed E-state index contributed by atoms with van der Waals surface area (Å²) < 4.78 is 4.56. The second-order valence-corrected chi connectivity index (χ2v) is 4.20. The standard InChI is InChI=1S/C10H12ClN3O3/c1-10(2,9(16)17-3)12-8(15)6-4-5-7(11)14-13-6/h4-5H,1-3H3,(H,12,15). The molecule has 0 fully saturated rings. The Morgan fingerprint density at radius 1 is 1.35 bits per heavy atom. The fourth-order valence-corrected chi connectivity index (χ4v) is 1.19. The molecule has 1 amide bonds. The summed E-state index contributed by atoms with van der Waals surface area (Å²) >= 11 is 5.54. The molecule has 0 aliphatic rings. The number of esters is 1. The van der Waals surface area contributed by atoms with E-state index in [0.29, 0.717) is 0 Å². The molecule has 0 radical (unpaired) electrons. The van der Waals surface area contributed by atoms with Gasteiger partial charge in [-0.2, -0.15) is 0 Å². The highest BCUT2D eigenvalue weighted by Crippen LogP contribution is 2.07. The van der Waals surface area contributed by atoms with Gasteiger partial charge >= 0.3 is 5.97 Å². The van der Waals surface area contributed by atoms with Gasteiger partial charge in [-0.1, -0.05) is 11.6 Å². The topological polar surface area (TPSA) is 81.2 Å². The molecule has 0 saturated carbocycles. The quantitative estimate of drug-likeness (QED) is 0.811. The molecule has 0 unspecified atom stereocenters. The van der Waals surface area contributed by atoms with Crippen molar-refractivity contribution in [1.82, 2.24) is 15.5 Å². The minimum absolute atomic E-state index is 0.0754. The van der Waals surface area contributed by atoms with E-state index in [-0.39, 0.29) is 10.8 Å². The Labute approximate surface area is 103 Å². The Morgan fingerprint density at radius 2 is 2.00 bits per heavy atom. The zero-order valence-electron chi connectivity index (χ0n) is 9.65. The van der Waals surface area contributed by atoms with Gasteiger partial charge in [0.1, 0.15) is 5.54 Å². The number of hydrogen-bond donors (Lipinski definition) is 1. The number of methoxy groups -OCH3 is 1. The molecule has 1 N–H and O–H groups in total. The molecule has 0 atom stereocenters. The molecule has 0 saturated heterocycles. The highest BCUT2D eigenvalue weighted by atomic mass is 35.5. The predicted molar refractivity (Wildman–Crippen MR) is 60.6 cm³/mol. The van der Waals surface area contributed by atoms with Gasteiger partial charge in [-0.25, -0.2) is 4.79 Å². The number of carbonyl (C=O) groups excluding carboxylic acids is 2. The number of aromatic nitrogens is 2. The number of amides is 1. The van der Waals surface area contributed by atoms with Gasteiger partial charge < -0.3 is 10.1 Å². The maximum atomic E-state index is 11.7. The fourth-order valence-electron chi connectivity index (χ4n) is 1.09. The maximum Gasteiger partial charge on any atom is 0.330 e. The molecule has 1 rings (SSSR count). The summed E-state index contributed by atoms with van der Waals surface area (Å²) in [5.74, 6) is -1.07. The van der Waals surface area contributed by atoms with Crippen LogP contribution >= 0.6 is 11.6 Å². The first kappa shape index (κ1) is 13.4. The van der Waals surface area contributed by atoms with E-state index in [4.69, 9.17) is 11.6 Å². The molecule has 1 aromatic heterocycles. The normalized spacial score (nSPS) is 10.8. The molecule has 92 valence electrons. The molecule has 17 heavy (non-hydrogen) atoms. The summed E-state index contributed by atoms with van der Waals surface area (Å²) in [4.78, 5) is 23.1. The van der Waals surface area contributed by atoms with Gasteiger partial charge in [0, 0.05) is 0 Å². The van der Waals surface area contributed by atoms with Crippen LogP contribution in [0.25, 0.3) is 0 Å². The van der Waals surface area contributed by atoms with Crippen LogP contribution < -0.4 is 5.32 Å². The smallest absolute Gasteiger partial charge is 0.330 e. The molecule has 1 heterocycles. The Balaban J connectivity index is 2.79. The van der Waals surface area contributed by atoms with E-state index in [1.54, 1.807) is 0 Å². The van der Waals surface area contributed by atoms with Gasteiger partial charge in [-0.3, -0.25) is 4.79 Å². The van der Waals surface area contributed by atoms with Gasteiger partial charge in [0.2, 0.25) is 0 Å². The zero-order chi connectivity index (χ0) is 13.1. The monoisotopic (exact) mass is 257 g/mol. The number of nitrogens with zero attached hydrogens (tertiary/aromatic N) is 2. The number of ether oxygens (including phenoxy) is 1. The van der Waals surface area contributed by atoms with Crippen LogP contribution in [-0.4, -0.2) is 34.7 Å². The zero-order valence-corrected chi connectivity index (χ0v) is 10.4. The van der Waals surface area contributed by atoms with Crippen molar-refractivity contribution in [3.05, 3.63) is 23.0 Å². The lowest BCUT2D eigenvalue weighted by atomic mass is 10.1. The molecule has 0 aliphatic heterocycles. The van der Waals surface area contributed by atoms with Crippen LogP contribution in [0.1, 0.15) is 24.3 Å². The number of carbonyl (C=O) groups is 2. The average molecular weight is 258 g/mol. The minimum Gasteiger partial charge on any atom is -0.467 e. The molecule has 0 aromatic carbocycles. The Morgan fingerprint density at radius 3 is 2.47 bits per heavy atom.